The van der Waals surface area contributed by atoms with E-state index in [1.807, 2.05) is 13.8 Å². The van der Waals surface area contributed by atoms with Gasteiger partial charge in [0, 0.05) is 19.3 Å². The molecule has 1 aromatic heterocycles. The van der Waals surface area contributed by atoms with Crippen molar-refractivity contribution in [3.05, 3.63) is 41.7 Å². The fourth-order valence-corrected chi connectivity index (χ4v) is 1.51. The summed E-state index contributed by atoms with van der Waals surface area (Å²) >= 11 is 0. The molecule has 0 saturated carbocycles. The highest BCUT2D eigenvalue weighted by Crippen LogP contribution is 2.33. The molecule has 1 aromatic carbocycles. The molecule has 0 amide bonds. The van der Waals surface area contributed by atoms with Crippen LogP contribution in [0.3, 0.4) is 0 Å². The first-order valence-corrected chi connectivity index (χ1v) is 5.81. The van der Waals surface area contributed by atoms with E-state index >= 15 is 0 Å². The standard InChI is InChI=1S/C14H14N2O3/c1-9-7-12(18-11(3)17)13(8-10(9)2)19-14-15-5-4-6-16-14/h4-8H,1-3H3. The fourth-order valence-electron chi connectivity index (χ4n) is 1.51. The van der Waals surface area contributed by atoms with Crippen molar-refractivity contribution in [3.8, 4) is 17.5 Å². The zero-order chi connectivity index (χ0) is 13.8. The number of carbonyl (C=O) groups excluding carboxylic acids is 1. The predicted molar refractivity (Wildman–Crippen MR) is 69.3 cm³/mol. The van der Waals surface area contributed by atoms with Crippen LogP contribution in [0.4, 0.5) is 0 Å². The van der Waals surface area contributed by atoms with Crippen molar-refractivity contribution in [2.24, 2.45) is 0 Å². The van der Waals surface area contributed by atoms with E-state index in [0.29, 0.717) is 11.5 Å². The van der Waals surface area contributed by atoms with Crippen LogP contribution in [-0.2, 0) is 4.79 Å². The molecule has 1 heterocycles. The summed E-state index contributed by atoms with van der Waals surface area (Å²) in [7, 11) is 0. The Bertz CT molecular complexity index is 597. The zero-order valence-electron chi connectivity index (χ0n) is 11.0. The minimum absolute atomic E-state index is 0.208. The summed E-state index contributed by atoms with van der Waals surface area (Å²) in [6, 6.07) is 5.46. The number of benzene rings is 1. The number of esters is 1. The molecule has 98 valence electrons. The molecule has 0 fully saturated rings. The van der Waals surface area contributed by atoms with Gasteiger partial charge in [0.2, 0.25) is 0 Å². The highest BCUT2D eigenvalue weighted by Gasteiger charge is 2.12. The molecule has 0 unspecified atom stereocenters. The molecule has 0 saturated heterocycles. The van der Waals surface area contributed by atoms with E-state index in [4.69, 9.17) is 9.47 Å². The molecule has 0 atom stereocenters. The van der Waals surface area contributed by atoms with Gasteiger partial charge in [0.1, 0.15) is 0 Å². The van der Waals surface area contributed by atoms with Gasteiger partial charge in [-0.15, -0.1) is 0 Å². The molecule has 5 nitrogen and oxygen atoms in total. The van der Waals surface area contributed by atoms with Crippen LogP contribution in [0.25, 0.3) is 0 Å². The van der Waals surface area contributed by atoms with Crippen LogP contribution in [0.2, 0.25) is 0 Å². The lowest BCUT2D eigenvalue weighted by Gasteiger charge is -2.11. The Morgan fingerprint density at radius 1 is 1.05 bits per heavy atom. The first-order chi connectivity index (χ1) is 9.06. The van der Waals surface area contributed by atoms with Crippen molar-refractivity contribution in [2.45, 2.75) is 20.8 Å². The molecule has 2 aromatic rings. The van der Waals surface area contributed by atoms with Gasteiger partial charge >= 0.3 is 12.0 Å². The van der Waals surface area contributed by atoms with Crippen molar-refractivity contribution >= 4 is 5.97 Å². The lowest BCUT2D eigenvalue weighted by atomic mass is 10.1. The van der Waals surface area contributed by atoms with E-state index in [2.05, 4.69) is 9.97 Å². The summed E-state index contributed by atoms with van der Waals surface area (Å²) in [6.45, 7) is 5.23. The number of carbonyl (C=O) groups is 1. The van der Waals surface area contributed by atoms with Crippen LogP contribution in [0.15, 0.2) is 30.6 Å². The quantitative estimate of drug-likeness (QED) is 0.625. The SMILES string of the molecule is CC(=O)Oc1cc(C)c(C)cc1Oc1ncccn1. The van der Waals surface area contributed by atoms with Gasteiger partial charge in [0.25, 0.3) is 0 Å². The van der Waals surface area contributed by atoms with Crippen molar-refractivity contribution in [2.75, 3.05) is 0 Å². The van der Waals surface area contributed by atoms with Gasteiger partial charge in [-0.05, 0) is 43.2 Å². The Labute approximate surface area is 111 Å². The Morgan fingerprint density at radius 3 is 2.21 bits per heavy atom. The van der Waals surface area contributed by atoms with E-state index in [0.717, 1.165) is 11.1 Å². The first kappa shape index (κ1) is 13.0. The van der Waals surface area contributed by atoms with Gasteiger partial charge in [0.05, 0.1) is 0 Å². The normalized spacial score (nSPS) is 10.1. The summed E-state index contributed by atoms with van der Waals surface area (Å²) in [5.74, 6) is 0.384. The highest BCUT2D eigenvalue weighted by molar-refractivity contribution is 5.70. The van der Waals surface area contributed by atoms with Crippen molar-refractivity contribution < 1.29 is 14.3 Å². The van der Waals surface area contributed by atoms with E-state index < -0.39 is 5.97 Å². The maximum Gasteiger partial charge on any atom is 0.321 e. The van der Waals surface area contributed by atoms with Gasteiger partial charge in [-0.3, -0.25) is 4.79 Å². The van der Waals surface area contributed by atoms with Gasteiger partial charge in [0.15, 0.2) is 11.5 Å². The third-order valence-corrected chi connectivity index (χ3v) is 2.56. The van der Waals surface area contributed by atoms with Gasteiger partial charge in [-0.1, -0.05) is 0 Å². The molecule has 0 bridgehead atoms. The molecule has 19 heavy (non-hydrogen) atoms. The van der Waals surface area contributed by atoms with E-state index in [1.54, 1.807) is 30.6 Å². The number of hydrogen-bond donors (Lipinski definition) is 0. The molecule has 2 rings (SSSR count). The van der Waals surface area contributed by atoms with Crippen LogP contribution in [0.1, 0.15) is 18.1 Å². The van der Waals surface area contributed by atoms with Gasteiger partial charge in [-0.2, -0.15) is 0 Å². The molecule has 0 spiro atoms. The summed E-state index contributed by atoms with van der Waals surface area (Å²) in [5, 5.41) is 0. The second-order valence-corrected chi connectivity index (χ2v) is 4.11. The van der Waals surface area contributed by atoms with Crippen LogP contribution in [-0.4, -0.2) is 15.9 Å². The van der Waals surface area contributed by atoms with Crippen LogP contribution >= 0.6 is 0 Å². The Morgan fingerprint density at radius 2 is 1.63 bits per heavy atom. The van der Waals surface area contributed by atoms with Crippen LogP contribution in [0, 0.1) is 13.8 Å². The minimum atomic E-state index is -0.401. The van der Waals surface area contributed by atoms with Gasteiger partial charge < -0.3 is 9.47 Å². The number of nitrogens with zero attached hydrogens (tertiary/aromatic N) is 2. The topological polar surface area (TPSA) is 61.3 Å². The molecular weight excluding hydrogens is 244 g/mol. The van der Waals surface area contributed by atoms with Crippen molar-refractivity contribution in [3.63, 3.8) is 0 Å². The Balaban J connectivity index is 2.37. The van der Waals surface area contributed by atoms with E-state index in [9.17, 15) is 4.79 Å². The molecular formula is C14H14N2O3. The summed E-state index contributed by atoms with van der Waals surface area (Å²) in [5.41, 5.74) is 2.04. The molecule has 0 aliphatic rings. The summed E-state index contributed by atoms with van der Waals surface area (Å²) < 4.78 is 10.7. The third kappa shape index (κ3) is 3.28. The largest absolute Gasteiger partial charge is 0.423 e. The highest BCUT2D eigenvalue weighted by atomic mass is 16.6. The summed E-state index contributed by atoms with van der Waals surface area (Å²) in [6.07, 6.45) is 3.16. The molecule has 0 aliphatic heterocycles. The average Bonchev–Trinajstić information content (AvgIpc) is 2.36. The Hall–Kier alpha value is -2.43. The maximum absolute atomic E-state index is 11.1. The smallest absolute Gasteiger partial charge is 0.321 e. The first-order valence-electron chi connectivity index (χ1n) is 5.81. The molecule has 0 N–H and O–H groups in total. The molecule has 0 radical (unpaired) electrons. The predicted octanol–water partition coefficient (Wildman–Crippen LogP) is 2.81. The van der Waals surface area contributed by atoms with Crippen molar-refractivity contribution in [1.82, 2.24) is 9.97 Å². The zero-order valence-corrected chi connectivity index (χ0v) is 11.0. The second-order valence-electron chi connectivity index (χ2n) is 4.11. The van der Waals surface area contributed by atoms with Crippen molar-refractivity contribution in [1.29, 1.82) is 0 Å². The Kier molecular flexibility index (Phi) is 3.75. The number of aromatic nitrogens is 2. The van der Waals surface area contributed by atoms with Gasteiger partial charge in [-0.25, -0.2) is 9.97 Å². The molecule has 0 aliphatic carbocycles. The molecule has 5 heteroatoms. The maximum atomic E-state index is 11.1. The van der Waals surface area contributed by atoms with E-state index in [1.165, 1.54) is 6.92 Å². The lowest BCUT2D eigenvalue weighted by Crippen LogP contribution is -2.04. The minimum Gasteiger partial charge on any atom is -0.423 e. The van der Waals surface area contributed by atoms with Crippen LogP contribution in [0.5, 0.6) is 17.5 Å². The average molecular weight is 258 g/mol. The fraction of sp³-hybridized carbons (Fsp3) is 0.214. The van der Waals surface area contributed by atoms with Crippen LogP contribution < -0.4 is 9.47 Å². The monoisotopic (exact) mass is 258 g/mol. The number of aryl methyl sites for hydroxylation is 2. The second kappa shape index (κ2) is 5.48. The number of rotatable bonds is 3. The number of ether oxygens (including phenoxy) is 2. The summed E-state index contributed by atoms with van der Waals surface area (Å²) in [4.78, 5) is 19.1. The third-order valence-electron chi connectivity index (χ3n) is 2.56. The lowest BCUT2D eigenvalue weighted by molar-refractivity contribution is -0.132. The number of hydrogen-bond acceptors (Lipinski definition) is 5. The van der Waals surface area contributed by atoms with E-state index in [-0.39, 0.29) is 6.01 Å².